The number of rotatable bonds is 3. The third kappa shape index (κ3) is 3.56. The van der Waals surface area contributed by atoms with Crippen LogP contribution in [0.3, 0.4) is 0 Å². The first kappa shape index (κ1) is 14.5. The summed E-state index contributed by atoms with van der Waals surface area (Å²) in [5.74, 6) is -0.960. The molecular weight excluding hydrogens is 279 g/mol. The Morgan fingerprint density at radius 2 is 2.00 bits per heavy atom. The second kappa shape index (κ2) is 6.51. The lowest BCUT2D eigenvalue weighted by Gasteiger charge is -2.09. The van der Waals surface area contributed by atoms with Gasteiger partial charge in [0.05, 0.1) is 19.1 Å². The van der Waals surface area contributed by atoms with Crippen LogP contribution in [-0.4, -0.2) is 28.2 Å². The van der Waals surface area contributed by atoms with Gasteiger partial charge in [0, 0.05) is 5.69 Å². The number of carbonyl (C=O) groups is 2. The van der Waals surface area contributed by atoms with E-state index in [2.05, 4.69) is 20.6 Å². The second-order valence-corrected chi connectivity index (χ2v) is 3.92. The fourth-order valence-corrected chi connectivity index (χ4v) is 1.61. The third-order valence-corrected chi connectivity index (χ3v) is 2.53. The van der Waals surface area contributed by atoms with E-state index >= 15 is 0 Å². The van der Waals surface area contributed by atoms with Gasteiger partial charge in [0.1, 0.15) is 11.5 Å². The molecule has 7 nitrogen and oxygen atoms in total. The molecule has 1 heterocycles. The van der Waals surface area contributed by atoms with Crippen molar-refractivity contribution < 1.29 is 18.7 Å². The number of halogens is 1. The van der Waals surface area contributed by atoms with Crippen LogP contribution in [0.1, 0.15) is 17.4 Å². The molecule has 2 N–H and O–H groups in total. The highest BCUT2D eigenvalue weighted by atomic mass is 19.1. The van der Waals surface area contributed by atoms with Gasteiger partial charge in [0.25, 0.3) is 5.91 Å². The molecule has 0 saturated carbocycles. The quantitative estimate of drug-likeness (QED) is 0.837. The van der Waals surface area contributed by atoms with Gasteiger partial charge in [0.15, 0.2) is 0 Å². The van der Waals surface area contributed by atoms with E-state index < -0.39 is 12.0 Å². The van der Waals surface area contributed by atoms with Gasteiger partial charge in [-0.25, -0.2) is 19.6 Å². The molecule has 0 radical (unpaired) electrons. The fraction of sp³-hybridized carbons (Fsp3) is 0.154. The number of imidazole rings is 1. The third-order valence-electron chi connectivity index (χ3n) is 2.53. The number of nitrogens with one attached hydrogen (secondary N) is 2. The van der Waals surface area contributed by atoms with E-state index in [-0.39, 0.29) is 18.1 Å². The molecule has 1 aromatic carbocycles. The van der Waals surface area contributed by atoms with Crippen LogP contribution < -0.4 is 10.9 Å². The van der Waals surface area contributed by atoms with Crippen molar-refractivity contribution in [3.8, 4) is 5.69 Å². The van der Waals surface area contributed by atoms with E-state index in [0.717, 1.165) is 0 Å². The van der Waals surface area contributed by atoms with Gasteiger partial charge >= 0.3 is 6.09 Å². The van der Waals surface area contributed by atoms with Crippen molar-refractivity contribution in [2.45, 2.75) is 6.92 Å². The van der Waals surface area contributed by atoms with E-state index in [9.17, 15) is 14.0 Å². The normalized spacial score (nSPS) is 10.0. The van der Waals surface area contributed by atoms with Crippen molar-refractivity contribution in [3.63, 3.8) is 0 Å². The Hall–Kier alpha value is -2.90. The number of hydrazine groups is 1. The molecule has 21 heavy (non-hydrogen) atoms. The molecule has 0 spiro atoms. The lowest BCUT2D eigenvalue weighted by atomic mass is 10.3. The fourth-order valence-electron chi connectivity index (χ4n) is 1.61. The standard InChI is InChI=1S/C13H13FN4O3/c1-2-21-13(20)17-16-12(19)11-7-15-8-18(11)10-5-3-9(14)4-6-10/h3-8H,2H2,1H3,(H,16,19)(H,17,20). The molecule has 0 bridgehead atoms. The Morgan fingerprint density at radius 1 is 1.29 bits per heavy atom. The van der Waals surface area contributed by atoms with Gasteiger partial charge in [-0.1, -0.05) is 0 Å². The molecule has 2 rings (SSSR count). The number of hydrogen-bond donors (Lipinski definition) is 2. The first-order chi connectivity index (χ1) is 10.1. The zero-order valence-corrected chi connectivity index (χ0v) is 11.2. The molecule has 2 amide bonds. The summed E-state index contributed by atoms with van der Waals surface area (Å²) >= 11 is 0. The van der Waals surface area contributed by atoms with E-state index in [1.165, 1.54) is 41.4 Å². The number of ether oxygens (including phenoxy) is 1. The summed E-state index contributed by atoms with van der Waals surface area (Å²) in [6.07, 6.45) is 1.97. The van der Waals surface area contributed by atoms with Crippen LogP contribution in [0.25, 0.3) is 5.69 Å². The Labute approximate surface area is 119 Å². The maximum Gasteiger partial charge on any atom is 0.426 e. The lowest BCUT2D eigenvalue weighted by molar-refractivity contribution is 0.0906. The minimum absolute atomic E-state index is 0.179. The topological polar surface area (TPSA) is 85.2 Å². The zero-order chi connectivity index (χ0) is 15.2. The summed E-state index contributed by atoms with van der Waals surface area (Å²) in [4.78, 5) is 26.9. The smallest absolute Gasteiger partial charge is 0.426 e. The second-order valence-electron chi connectivity index (χ2n) is 3.92. The molecule has 8 heteroatoms. The molecule has 110 valence electrons. The maximum absolute atomic E-state index is 12.9. The molecule has 0 fully saturated rings. The summed E-state index contributed by atoms with van der Waals surface area (Å²) < 4.78 is 19.0. The van der Waals surface area contributed by atoms with Crippen LogP contribution in [0.2, 0.25) is 0 Å². The number of amides is 2. The number of hydrogen-bond acceptors (Lipinski definition) is 4. The van der Waals surface area contributed by atoms with Crippen molar-refractivity contribution >= 4 is 12.0 Å². The molecule has 0 unspecified atom stereocenters. The molecule has 0 aliphatic heterocycles. The van der Waals surface area contributed by atoms with Crippen LogP contribution in [0.15, 0.2) is 36.8 Å². The number of nitrogens with zero attached hydrogens (tertiary/aromatic N) is 2. The van der Waals surface area contributed by atoms with Crippen LogP contribution >= 0.6 is 0 Å². The molecule has 0 aliphatic carbocycles. The summed E-state index contributed by atoms with van der Waals surface area (Å²) in [6.45, 7) is 1.83. The molecule has 1 aromatic heterocycles. The van der Waals surface area contributed by atoms with Crippen LogP contribution in [0.4, 0.5) is 9.18 Å². The number of aromatic nitrogens is 2. The Morgan fingerprint density at radius 3 is 2.67 bits per heavy atom. The maximum atomic E-state index is 12.9. The van der Waals surface area contributed by atoms with E-state index in [1.54, 1.807) is 6.92 Å². The molecular formula is C13H13FN4O3. The SMILES string of the molecule is CCOC(=O)NNC(=O)c1cncn1-c1ccc(F)cc1. The van der Waals surface area contributed by atoms with E-state index in [4.69, 9.17) is 0 Å². The van der Waals surface area contributed by atoms with Gasteiger partial charge < -0.3 is 4.74 Å². The van der Waals surface area contributed by atoms with Crippen LogP contribution in [-0.2, 0) is 4.74 Å². The summed E-state index contributed by atoms with van der Waals surface area (Å²) in [7, 11) is 0. The van der Waals surface area contributed by atoms with Gasteiger partial charge in [-0.2, -0.15) is 0 Å². The van der Waals surface area contributed by atoms with Gasteiger partial charge in [0.2, 0.25) is 0 Å². The Balaban J connectivity index is 2.11. The first-order valence-electron chi connectivity index (χ1n) is 6.13. The summed E-state index contributed by atoms with van der Waals surface area (Å²) in [6, 6.07) is 5.56. The average molecular weight is 292 g/mol. The van der Waals surface area contributed by atoms with Crippen molar-refractivity contribution in [3.05, 3.63) is 48.3 Å². The van der Waals surface area contributed by atoms with Crippen molar-refractivity contribution in [1.29, 1.82) is 0 Å². The van der Waals surface area contributed by atoms with Crippen molar-refractivity contribution in [1.82, 2.24) is 20.4 Å². The van der Waals surface area contributed by atoms with Crippen LogP contribution in [0.5, 0.6) is 0 Å². The average Bonchev–Trinajstić information content (AvgIpc) is 2.95. The molecule has 0 atom stereocenters. The highest BCUT2D eigenvalue weighted by molar-refractivity contribution is 5.93. The van der Waals surface area contributed by atoms with Gasteiger partial charge in [-0.15, -0.1) is 0 Å². The predicted molar refractivity (Wildman–Crippen MR) is 71.1 cm³/mol. The first-order valence-corrected chi connectivity index (χ1v) is 6.13. The zero-order valence-electron chi connectivity index (χ0n) is 11.2. The summed E-state index contributed by atoms with van der Waals surface area (Å²) in [5, 5.41) is 0. The minimum Gasteiger partial charge on any atom is -0.449 e. The highest BCUT2D eigenvalue weighted by Gasteiger charge is 2.14. The molecule has 0 saturated heterocycles. The van der Waals surface area contributed by atoms with E-state index in [0.29, 0.717) is 5.69 Å². The molecule has 0 aliphatic rings. The monoisotopic (exact) mass is 292 g/mol. The van der Waals surface area contributed by atoms with Gasteiger partial charge in [-0.05, 0) is 31.2 Å². The highest BCUT2D eigenvalue weighted by Crippen LogP contribution is 2.11. The number of carbonyl (C=O) groups excluding carboxylic acids is 2. The summed E-state index contributed by atoms with van der Waals surface area (Å²) in [5.41, 5.74) is 5.03. The van der Waals surface area contributed by atoms with Crippen molar-refractivity contribution in [2.24, 2.45) is 0 Å². The van der Waals surface area contributed by atoms with Gasteiger partial charge in [-0.3, -0.25) is 14.8 Å². The van der Waals surface area contributed by atoms with Crippen molar-refractivity contribution in [2.75, 3.05) is 6.61 Å². The number of benzene rings is 1. The predicted octanol–water partition coefficient (Wildman–Crippen LogP) is 1.40. The Kier molecular flexibility index (Phi) is 4.50. The lowest BCUT2D eigenvalue weighted by Crippen LogP contribution is -2.42. The molecule has 2 aromatic rings. The largest absolute Gasteiger partial charge is 0.449 e. The Bertz CT molecular complexity index is 639. The minimum atomic E-state index is -0.765. The van der Waals surface area contributed by atoms with E-state index in [1.807, 2.05) is 0 Å². The van der Waals surface area contributed by atoms with Crippen LogP contribution in [0, 0.1) is 5.82 Å².